The Labute approximate surface area is 146 Å². The van der Waals surface area contributed by atoms with Gasteiger partial charge in [0.2, 0.25) is 12.5 Å². The van der Waals surface area contributed by atoms with Gasteiger partial charge in [-0.25, -0.2) is 0 Å². The summed E-state index contributed by atoms with van der Waals surface area (Å²) < 4.78 is 16.9. The molecule has 2 aliphatic rings. The van der Waals surface area contributed by atoms with Gasteiger partial charge in [0, 0.05) is 12.1 Å². The summed E-state index contributed by atoms with van der Waals surface area (Å²) in [6.07, 6.45) is 0.873. The molecule has 1 atom stereocenters. The number of halogens is 1. The molecule has 0 unspecified atom stereocenters. The zero-order valence-corrected chi connectivity index (χ0v) is 14.4. The maximum absolute atomic E-state index is 6.33. The lowest BCUT2D eigenvalue weighted by Gasteiger charge is -2.36. The molecule has 0 aromatic heterocycles. The zero-order valence-electron chi connectivity index (χ0n) is 13.6. The van der Waals surface area contributed by atoms with E-state index in [-0.39, 0.29) is 13.0 Å². The van der Waals surface area contributed by atoms with E-state index in [1.54, 1.807) is 7.11 Å². The van der Waals surface area contributed by atoms with Crippen molar-refractivity contribution in [2.45, 2.75) is 12.6 Å². The van der Waals surface area contributed by atoms with Gasteiger partial charge >= 0.3 is 0 Å². The van der Waals surface area contributed by atoms with E-state index in [9.17, 15) is 0 Å². The highest BCUT2D eigenvalue weighted by Crippen LogP contribution is 2.49. The van der Waals surface area contributed by atoms with E-state index in [2.05, 4.69) is 23.3 Å². The second-order valence-corrected chi connectivity index (χ2v) is 6.38. The van der Waals surface area contributed by atoms with E-state index in [0.717, 1.165) is 35.7 Å². The van der Waals surface area contributed by atoms with Gasteiger partial charge in [-0.3, -0.25) is 4.90 Å². The number of likely N-dealkylation sites (N-methyl/N-ethyl adjacent to an activating group) is 1. The van der Waals surface area contributed by atoms with Crippen molar-refractivity contribution < 1.29 is 14.2 Å². The van der Waals surface area contributed by atoms with Crippen LogP contribution in [0.5, 0.6) is 17.2 Å². The van der Waals surface area contributed by atoms with Gasteiger partial charge in [0.15, 0.2) is 11.5 Å². The van der Waals surface area contributed by atoms with Crippen molar-refractivity contribution in [3.8, 4) is 17.2 Å². The van der Waals surface area contributed by atoms with Crippen molar-refractivity contribution in [1.82, 2.24) is 4.90 Å². The van der Waals surface area contributed by atoms with Crippen molar-refractivity contribution in [2.75, 3.05) is 32.8 Å². The highest BCUT2D eigenvalue weighted by molar-refractivity contribution is 6.33. The van der Waals surface area contributed by atoms with E-state index < -0.39 is 0 Å². The van der Waals surface area contributed by atoms with Crippen molar-refractivity contribution >= 4 is 17.3 Å². The smallest absolute Gasteiger partial charge is 0.231 e. The summed E-state index contributed by atoms with van der Waals surface area (Å²) in [5.74, 6) is 2.17. The summed E-state index contributed by atoms with van der Waals surface area (Å²) in [6, 6.07) is 9.81. The fourth-order valence-electron chi connectivity index (χ4n) is 3.34. The fourth-order valence-corrected chi connectivity index (χ4v) is 3.53. The van der Waals surface area contributed by atoms with Crippen molar-refractivity contribution in [1.29, 1.82) is 0 Å². The SMILES string of the molecule is COc1c2c(cc3c1[C@H](Nc1ccccc1Cl)N(C)CC3)OCO2. The Bertz CT molecular complexity index is 781. The Morgan fingerprint density at radius 3 is 2.92 bits per heavy atom. The second kappa shape index (κ2) is 6.07. The summed E-state index contributed by atoms with van der Waals surface area (Å²) in [6.45, 7) is 1.16. The van der Waals surface area contributed by atoms with Crippen LogP contribution in [0.25, 0.3) is 0 Å². The quantitative estimate of drug-likeness (QED) is 0.918. The van der Waals surface area contributed by atoms with Gasteiger partial charge in [0.05, 0.1) is 17.8 Å². The molecule has 2 aromatic carbocycles. The minimum Gasteiger partial charge on any atom is -0.492 e. The number of methoxy groups -OCH3 is 1. The number of nitrogens with one attached hydrogen (secondary N) is 1. The van der Waals surface area contributed by atoms with E-state index in [4.69, 9.17) is 25.8 Å². The number of para-hydroxylation sites is 1. The summed E-state index contributed by atoms with van der Waals surface area (Å²) in [5.41, 5.74) is 3.18. The van der Waals surface area contributed by atoms with Crippen LogP contribution in [0, 0.1) is 0 Å². The number of anilines is 1. The molecule has 2 aliphatic heterocycles. The largest absolute Gasteiger partial charge is 0.492 e. The first kappa shape index (κ1) is 15.4. The van der Waals surface area contributed by atoms with Crippen molar-refractivity contribution in [3.05, 3.63) is 46.5 Å². The van der Waals surface area contributed by atoms with Crippen LogP contribution in [-0.4, -0.2) is 32.4 Å². The van der Waals surface area contributed by atoms with Crippen LogP contribution in [0.2, 0.25) is 5.02 Å². The average molecular weight is 347 g/mol. The minimum absolute atomic E-state index is 0.0573. The van der Waals surface area contributed by atoms with E-state index >= 15 is 0 Å². The van der Waals surface area contributed by atoms with Crippen LogP contribution in [0.15, 0.2) is 30.3 Å². The predicted molar refractivity (Wildman–Crippen MR) is 93.3 cm³/mol. The lowest BCUT2D eigenvalue weighted by atomic mass is 9.94. The molecule has 126 valence electrons. The van der Waals surface area contributed by atoms with Crippen LogP contribution in [0.3, 0.4) is 0 Å². The molecule has 0 saturated carbocycles. The lowest BCUT2D eigenvalue weighted by molar-refractivity contribution is 0.170. The number of benzene rings is 2. The monoisotopic (exact) mass is 346 g/mol. The Balaban J connectivity index is 1.81. The Morgan fingerprint density at radius 1 is 1.29 bits per heavy atom. The van der Waals surface area contributed by atoms with Crippen LogP contribution in [-0.2, 0) is 6.42 Å². The Hall–Kier alpha value is -2.11. The van der Waals surface area contributed by atoms with Crippen LogP contribution in [0.1, 0.15) is 17.3 Å². The zero-order chi connectivity index (χ0) is 16.7. The first-order chi connectivity index (χ1) is 11.7. The molecule has 0 radical (unpaired) electrons. The third-order valence-corrected chi connectivity index (χ3v) is 4.89. The van der Waals surface area contributed by atoms with Crippen LogP contribution in [0.4, 0.5) is 5.69 Å². The molecule has 0 amide bonds. The first-order valence-electron chi connectivity index (χ1n) is 7.89. The number of hydrogen-bond donors (Lipinski definition) is 1. The standard InChI is InChI=1S/C18H19ClN2O3/c1-21-8-7-11-9-14-16(24-10-23-14)17(22-2)15(11)18(21)20-13-6-4-3-5-12(13)19/h3-6,9,18,20H,7-8,10H2,1-2H3/t18-/m1/s1. The highest BCUT2D eigenvalue weighted by Gasteiger charge is 2.34. The Morgan fingerprint density at radius 2 is 2.12 bits per heavy atom. The van der Waals surface area contributed by atoms with Crippen LogP contribution < -0.4 is 19.5 Å². The molecule has 24 heavy (non-hydrogen) atoms. The molecule has 0 spiro atoms. The molecular weight excluding hydrogens is 328 g/mol. The van der Waals surface area contributed by atoms with Gasteiger partial charge in [-0.05, 0) is 37.2 Å². The normalized spacial score (nSPS) is 19.0. The lowest BCUT2D eigenvalue weighted by Crippen LogP contribution is -2.37. The topological polar surface area (TPSA) is 43.0 Å². The van der Waals surface area contributed by atoms with Gasteiger partial charge in [-0.2, -0.15) is 0 Å². The molecule has 2 aromatic rings. The summed E-state index contributed by atoms with van der Waals surface area (Å²) in [5, 5.41) is 4.23. The summed E-state index contributed by atoms with van der Waals surface area (Å²) in [7, 11) is 3.75. The van der Waals surface area contributed by atoms with E-state index in [1.807, 2.05) is 24.3 Å². The minimum atomic E-state index is -0.0573. The Kier molecular flexibility index (Phi) is 3.90. The molecule has 6 heteroatoms. The molecule has 2 heterocycles. The van der Waals surface area contributed by atoms with Gasteiger partial charge in [0.25, 0.3) is 0 Å². The first-order valence-corrected chi connectivity index (χ1v) is 8.27. The van der Waals surface area contributed by atoms with Gasteiger partial charge in [-0.1, -0.05) is 23.7 Å². The third-order valence-electron chi connectivity index (χ3n) is 4.56. The van der Waals surface area contributed by atoms with Crippen molar-refractivity contribution in [3.63, 3.8) is 0 Å². The maximum Gasteiger partial charge on any atom is 0.231 e. The summed E-state index contributed by atoms with van der Waals surface area (Å²) in [4.78, 5) is 2.25. The molecule has 0 fully saturated rings. The number of hydrogen-bond acceptors (Lipinski definition) is 5. The number of ether oxygens (including phenoxy) is 3. The highest BCUT2D eigenvalue weighted by atomic mass is 35.5. The predicted octanol–water partition coefficient (Wildman–Crippen LogP) is 3.68. The van der Waals surface area contributed by atoms with Gasteiger partial charge in [0.1, 0.15) is 6.17 Å². The molecular formula is C18H19ClN2O3. The number of rotatable bonds is 3. The maximum atomic E-state index is 6.33. The van der Waals surface area contributed by atoms with E-state index in [0.29, 0.717) is 10.8 Å². The van der Waals surface area contributed by atoms with E-state index in [1.165, 1.54) is 5.56 Å². The number of nitrogens with zero attached hydrogens (tertiary/aromatic N) is 1. The molecule has 0 bridgehead atoms. The van der Waals surface area contributed by atoms with Crippen molar-refractivity contribution in [2.24, 2.45) is 0 Å². The van der Waals surface area contributed by atoms with Crippen LogP contribution >= 0.6 is 11.6 Å². The molecule has 0 aliphatic carbocycles. The third kappa shape index (κ3) is 2.44. The molecule has 0 saturated heterocycles. The average Bonchev–Trinajstić information content (AvgIpc) is 3.05. The fraction of sp³-hybridized carbons (Fsp3) is 0.333. The molecule has 1 N–H and O–H groups in total. The molecule has 5 nitrogen and oxygen atoms in total. The summed E-state index contributed by atoms with van der Waals surface area (Å²) >= 11 is 6.33. The van der Waals surface area contributed by atoms with Gasteiger partial charge in [-0.15, -0.1) is 0 Å². The molecule has 4 rings (SSSR count). The number of fused-ring (bicyclic) bond motifs is 2. The van der Waals surface area contributed by atoms with Gasteiger partial charge < -0.3 is 19.5 Å². The second-order valence-electron chi connectivity index (χ2n) is 5.97.